The zero-order chi connectivity index (χ0) is 20.4. The SMILES string of the molecule is CCOc1ccc(NC(=O)c2ccc(NC(=O)C3C4CCC(C4)C3N)cc2)cc1.Cl. The van der Waals surface area contributed by atoms with Gasteiger partial charge in [-0.2, -0.15) is 0 Å². The number of carbonyl (C=O) groups excluding carboxylic acids is 2. The highest BCUT2D eigenvalue weighted by molar-refractivity contribution is 6.04. The Bertz CT molecular complexity index is 884. The van der Waals surface area contributed by atoms with Crippen molar-refractivity contribution < 1.29 is 14.3 Å². The molecule has 2 fully saturated rings. The van der Waals surface area contributed by atoms with E-state index in [2.05, 4.69) is 10.6 Å². The van der Waals surface area contributed by atoms with Crippen molar-refractivity contribution in [2.24, 2.45) is 23.5 Å². The Hall–Kier alpha value is -2.57. The second kappa shape index (κ2) is 9.49. The summed E-state index contributed by atoms with van der Waals surface area (Å²) in [5.41, 5.74) is 8.16. The molecule has 4 N–H and O–H groups in total. The molecule has 7 heteroatoms. The van der Waals surface area contributed by atoms with Crippen molar-refractivity contribution in [2.45, 2.75) is 32.2 Å². The van der Waals surface area contributed by atoms with Gasteiger partial charge in [-0.25, -0.2) is 0 Å². The van der Waals surface area contributed by atoms with E-state index in [0.717, 1.165) is 25.0 Å². The Morgan fingerprint density at radius 3 is 2.17 bits per heavy atom. The van der Waals surface area contributed by atoms with Crippen LogP contribution in [0.5, 0.6) is 5.75 Å². The highest BCUT2D eigenvalue weighted by Crippen LogP contribution is 2.47. The summed E-state index contributed by atoms with van der Waals surface area (Å²) >= 11 is 0. The van der Waals surface area contributed by atoms with E-state index in [0.29, 0.717) is 35.4 Å². The molecule has 0 saturated heterocycles. The van der Waals surface area contributed by atoms with Crippen LogP contribution in [0.3, 0.4) is 0 Å². The van der Waals surface area contributed by atoms with Gasteiger partial charge in [-0.05, 0) is 86.6 Å². The van der Waals surface area contributed by atoms with Crippen molar-refractivity contribution in [2.75, 3.05) is 17.2 Å². The van der Waals surface area contributed by atoms with Gasteiger partial charge < -0.3 is 21.1 Å². The molecule has 160 valence electrons. The monoisotopic (exact) mass is 429 g/mol. The van der Waals surface area contributed by atoms with Crippen LogP contribution in [0.15, 0.2) is 48.5 Å². The minimum absolute atomic E-state index is 0. The molecule has 0 spiro atoms. The number of ether oxygens (including phenoxy) is 1. The van der Waals surface area contributed by atoms with Crippen LogP contribution in [0.1, 0.15) is 36.5 Å². The average molecular weight is 430 g/mol. The van der Waals surface area contributed by atoms with Gasteiger partial charge in [0.05, 0.1) is 12.5 Å². The second-order valence-corrected chi connectivity index (χ2v) is 7.91. The summed E-state index contributed by atoms with van der Waals surface area (Å²) in [6.45, 7) is 2.52. The van der Waals surface area contributed by atoms with Gasteiger partial charge in [-0.15, -0.1) is 12.4 Å². The van der Waals surface area contributed by atoms with Gasteiger partial charge in [0.1, 0.15) is 5.75 Å². The lowest BCUT2D eigenvalue weighted by atomic mass is 9.84. The first kappa shape index (κ1) is 22.1. The van der Waals surface area contributed by atoms with E-state index in [1.54, 1.807) is 36.4 Å². The van der Waals surface area contributed by atoms with Gasteiger partial charge in [0.15, 0.2) is 0 Å². The molecule has 2 aromatic rings. The molecule has 2 aliphatic rings. The summed E-state index contributed by atoms with van der Waals surface area (Å²) in [6, 6.07) is 14.1. The molecule has 4 rings (SSSR count). The van der Waals surface area contributed by atoms with E-state index < -0.39 is 0 Å². The highest BCUT2D eigenvalue weighted by Gasteiger charge is 2.49. The number of nitrogens with one attached hydrogen (secondary N) is 2. The van der Waals surface area contributed by atoms with Crippen LogP contribution in [-0.4, -0.2) is 24.5 Å². The quantitative estimate of drug-likeness (QED) is 0.645. The smallest absolute Gasteiger partial charge is 0.255 e. The molecular weight excluding hydrogens is 402 g/mol. The zero-order valence-electron chi connectivity index (χ0n) is 17.0. The van der Waals surface area contributed by atoms with E-state index in [1.165, 1.54) is 0 Å². The molecule has 0 radical (unpaired) electrons. The van der Waals surface area contributed by atoms with Crippen LogP contribution in [0, 0.1) is 17.8 Å². The number of hydrogen-bond donors (Lipinski definition) is 3. The van der Waals surface area contributed by atoms with E-state index in [-0.39, 0.29) is 36.2 Å². The third-order valence-corrected chi connectivity index (χ3v) is 6.12. The average Bonchev–Trinajstić information content (AvgIpc) is 3.31. The molecule has 2 aromatic carbocycles. The van der Waals surface area contributed by atoms with Crippen molar-refractivity contribution in [1.82, 2.24) is 0 Å². The summed E-state index contributed by atoms with van der Waals surface area (Å²) in [5, 5.41) is 5.83. The number of halogens is 1. The van der Waals surface area contributed by atoms with Gasteiger partial charge in [0.2, 0.25) is 5.91 Å². The first-order valence-electron chi connectivity index (χ1n) is 10.3. The predicted octanol–water partition coefficient (Wildman–Crippen LogP) is 4.07. The molecule has 4 atom stereocenters. The van der Waals surface area contributed by atoms with Gasteiger partial charge >= 0.3 is 0 Å². The summed E-state index contributed by atoms with van der Waals surface area (Å²) in [7, 11) is 0. The van der Waals surface area contributed by atoms with Crippen molar-refractivity contribution in [1.29, 1.82) is 0 Å². The fourth-order valence-corrected chi connectivity index (χ4v) is 4.66. The Kier molecular flexibility index (Phi) is 7.00. The Labute approximate surface area is 183 Å². The van der Waals surface area contributed by atoms with Crippen LogP contribution in [0.25, 0.3) is 0 Å². The maximum Gasteiger partial charge on any atom is 0.255 e. The number of carbonyl (C=O) groups is 2. The largest absolute Gasteiger partial charge is 0.494 e. The van der Waals surface area contributed by atoms with Gasteiger partial charge in [0.25, 0.3) is 5.91 Å². The third-order valence-electron chi connectivity index (χ3n) is 6.12. The standard InChI is InChI=1S/C23H27N3O3.ClH/c1-2-29-19-11-9-18(10-12-19)25-22(27)14-5-7-17(8-6-14)26-23(28)20-15-3-4-16(13-15)21(20)24;/h5-12,15-16,20-21H,2-4,13,24H2,1H3,(H,25,27)(H,26,28);1H. The number of fused-ring (bicyclic) bond motifs is 2. The lowest BCUT2D eigenvalue weighted by Crippen LogP contribution is -2.42. The molecule has 4 unspecified atom stereocenters. The summed E-state index contributed by atoms with van der Waals surface area (Å²) in [4.78, 5) is 25.1. The molecule has 6 nitrogen and oxygen atoms in total. The van der Waals surface area contributed by atoms with E-state index >= 15 is 0 Å². The van der Waals surface area contributed by atoms with E-state index in [9.17, 15) is 9.59 Å². The zero-order valence-corrected chi connectivity index (χ0v) is 17.8. The number of anilines is 2. The summed E-state index contributed by atoms with van der Waals surface area (Å²) in [5.74, 6) is 1.36. The molecule has 2 saturated carbocycles. The van der Waals surface area contributed by atoms with Gasteiger partial charge in [-0.1, -0.05) is 0 Å². The number of benzene rings is 2. The number of rotatable bonds is 6. The van der Waals surface area contributed by atoms with Crippen LogP contribution >= 0.6 is 12.4 Å². The van der Waals surface area contributed by atoms with Crippen LogP contribution < -0.4 is 21.1 Å². The van der Waals surface area contributed by atoms with Gasteiger partial charge in [-0.3, -0.25) is 9.59 Å². The normalized spacial score (nSPS) is 24.1. The fraction of sp³-hybridized carbons (Fsp3) is 0.391. The van der Waals surface area contributed by atoms with Gasteiger partial charge in [0, 0.05) is 23.0 Å². The molecule has 0 aliphatic heterocycles. The molecule has 2 bridgehead atoms. The Morgan fingerprint density at radius 1 is 0.967 bits per heavy atom. The number of amides is 2. The number of nitrogens with two attached hydrogens (primary N) is 1. The van der Waals surface area contributed by atoms with Crippen molar-refractivity contribution in [3.05, 3.63) is 54.1 Å². The van der Waals surface area contributed by atoms with Crippen molar-refractivity contribution >= 4 is 35.6 Å². The first-order valence-corrected chi connectivity index (χ1v) is 10.3. The fourth-order valence-electron chi connectivity index (χ4n) is 4.66. The molecule has 0 aromatic heterocycles. The molecule has 2 aliphatic carbocycles. The molecule has 30 heavy (non-hydrogen) atoms. The summed E-state index contributed by atoms with van der Waals surface area (Å²) in [6.07, 6.45) is 3.32. The minimum Gasteiger partial charge on any atom is -0.494 e. The highest BCUT2D eigenvalue weighted by atomic mass is 35.5. The van der Waals surface area contributed by atoms with Crippen molar-refractivity contribution in [3.8, 4) is 5.75 Å². The van der Waals surface area contributed by atoms with Crippen LogP contribution in [0.2, 0.25) is 0 Å². The minimum atomic E-state index is -0.206. The van der Waals surface area contributed by atoms with E-state index in [1.807, 2.05) is 19.1 Å². The van der Waals surface area contributed by atoms with E-state index in [4.69, 9.17) is 10.5 Å². The lowest BCUT2D eigenvalue weighted by molar-refractivity contribution is -0.121. The van der Waals surface area contributed by atoms with Crippen LogP contribution in [0.4, 0.5) is 11.4 Å². The topological polar surface area (TPSA) is 93.5 Å². The maximum atomic E-state index is 12.7. The first-order chi connectivity index (χ1) is 14.0. The lowest BCUT2D eigenvalue weighted by Gasteiger charge is -2.27. The Balaban J connectivity index is 0.00000256. The second-order valence-electron chi connectivity index (χ2n) is 7.91. The van der Waals surface area contributed by atoms with Crippen LogP contribution in [-0.2, 0) is 4.79 Å². The molecule has 0 heterocycles. The maximum absolute atomic E-state index is 12.7. The Morgan fingerprint density at radius 2 is 1.57 bits per heavy atom. The van der Waals surface area contributed by atoms with Crippen molar-refractivity contribution in [3.63, 3.8) is 0 Å². The number of hydrogen-bond acceptors (Lipinski definition) is 4. The molecular formula is C23H28ClN3O3. The molecule has 2 amide bonds. The third kappa shape index (κ3) is 4.60. The predicted molar refractivity (Wildman–Crippen MR) is 120 cm³/mol. The summed E-state index contributed by atoms with van der Waals surface area (Å²) < 4.78 is 5.40.